The van der Waals surface area contributed by atoms with Crippen molar-refractivity contribution in [3.63, 3.8) is 0 Å². The Bertz CT molecular complexity index is 426. The molecule has 1 aromatic rings. The second kappa shape index (κ2) is 6.00. The van der Waals surface area contributed by atoms with Gasteiger partial charge in [0.15, 0.2) is 5.69 Å². The first-order valence-electron chi connectivity index (χ1n) is 4.71. The van der Waals surface area contributed by atoms with Crippen molar-refractivity contribution in [2.24, 2.45) is 0 Å². The van der Waals surface area contributed by atoms with Crippen molar-refractivity contribution in [3.05, 3.63) is 28.8 Å². The Labute approximate surface area is 104 Å². The molecule has 1 heterocycles. The predicted octanol–water partition coefficient (Wildman–Crippen LogP) is 3.23. The zero-order valence-corrected chi connectivity index (χ0v) is 10.4. The molecule has 0 radical (unpaired) electrons. The van der Waals surface area contributed by atoms with E-state index in [2.05, 4.69) is 25.7 Å². The molecule has 0 N–H and O–H groups in total. The lowest BCUT2D eigenvalue weighted by atomic mass is 10.1. The fraction of sp³-hybridized carbons (Fsp3) is 0.400. The highest BCUT2D eigenvalue weighted by atomic mass is 79.9. The summed E-state index contributed by atoms with van der Waals surface area (Å²) in [5.41, 5.74) is -1.27. The summed E-state index contributed by atoms with van der Waals surface area (Å²) in [7, 11) is 0. The molecule has 0 saturated carbocycles. The molecule has 0 aromatic carbocycles. The number of esters is 1. The van der Waals surface area contributed by atoms with Gasteiger partial charge in [0.1, 0.15) is 0 Å². The van der Waals surface area contributed by atoms with E-state index in [1.165, 1.54) is 0 Å². The summed E-state index contributed by atoms with van der Waals surface area (Å²) in [5.74, 6) is -2.02. The van der Waals surface area contributed by atoms with E-state index in [1.54, 1.807) is 6.92 Å². The molecule has 0 fully saturated rings. The van der Waals surface area contributed by atoms with Crippen molar-refractivity contribution in [3.8, 4) is 0 Å². The summed E-state index contributed by atoms with van der Waals surface area (Å²) in [6.07, 6.45) is -2.88. The first-order chi connectivity index (χ1) is 8.01. The van der Waals surface area contributed by atoms with Crippen molar-refractivity contribution in [1.29, 1.82) is 0 Å². The second-order valence-corrected chi connectivity index (χ2v) is 3.58. The molecule has 0 atom stereocenters. The monoisotopic (exact) mass is 311 g/mol. The average Bonchev–Trinajstić information content (AvgIpc) is 2.28. The van der Waals surface area contributed by atoms with E-state index in [0.717, 1.165) is 6.07 Å². The van der Waals surface area contributed by atoms with E-state index >= 15 is 0 Å². The molecule has 94 valence electrons. The van der Waals surface area contributed by atoms with Crippen molar-refractivity contribution in [2.45, 2.75) is 18.7 Å². The van der Waals surface area contributed by atoms with Gasteiger partial charge in [0.2, 0.25) is 5.95 Å². The molecule has 3 nitrogen and oxygen atoms in total. The van der Waals surface area contributed by atoms with Crippen LogP contribution >= 0.6 is 15.9 Å². The van der Waals surface area contributed by atoms with Crippen molar-refractivity contribution in [1.82, 2.24) is 4.98 Å². The Hall–Kier alpha value is -1.11. The fourth-order valence-electron chi connectivity index (χ4n) is 1.20. The highest BCUT2D eigenvalue weighted by molar-refractivity contribution is 9.08. The van der Waals surface area contributed by atoms with Crippen LogP contribution in [0.5, 0.6) is 0 Å². The van der Waals surface area contributed by atoms with Crippen LogP contribution in [0.2, 0.25) is 0 Å². The summed E-state index contributed by atoms with van der Waals surface area (Å²) in [5, 5.41) is -0.103. The van der Waals surface area contributed by atoms with Crippen LogP contribution in [0.1, 0.15) is 35.0 Å². The number of carbonyl (C=O) groups excluding carboxylic acids is 1. The van der Waals surface area contributed by atoms with Crippen LogP contribution in [0, 0.1) is 5.95 Å². The lowest BCUT2D eigenvalue weighted by Gasteiger charge is -2.09. The average molecular weight is 312 g/mol. The van der Waals surface area contributed by atoms with Gasteiger partial charge in [-0.05, 0) is 13.0 Å². The summed E-state index contributed by atoms with van der Waals surface area (Å²) in [6, 6.07) is 0.850. The maximum Gasteiger partial charge on any atom is 0.357 e. The molecule has 0 aliphatic rings. The van der Waals surface area contributed by atoms with Crippen molar-refractivity contribution in [2.75, 3.05) is 6.61 Å². The number of alkyl halides is 3. The summed E-state index contributed by atoms with van der Waals surface area (Å²) in [6.45, 7) is 1.61. The minimum atomic E-state index is -2.88. The number of nitrogens with zero attached hydrogens (tertiary/aromatic N) is 1. The second-order valence-electron chi connectivity index (χ2n) is 3.02. The molecule has 0 bridgehead atoms. The number of aromatic nitrogens is 1. The molecule has 17 heavy (non-hydrogen) atoms. The predicted molar refractivity (Wildman–Crippen MR) is 57.7 cm³/mol. The Balaban J connectivity index is 3.24. The zero-order valence-electron chi connectivity index (χ0n) is 8.84. The summed E-state index contributed by atoms with van der Waals surface area (Å²) < 4.78 is 43.3. The van der Waals surface area contributed by atoms with Crippen LogP contribution in [-0.2, 0) is 10.1 Å². The fourth-order valence-corrected chi connectivity index (χ4v) is 1.75. The number of halogens is 4. The van der Waals surface area contributed by atoms with Gasteiger partial charge >= 0.3 is 5.97 Å². The SMILES string of the molecule is CCOC(=O)c1cc(C(F)F)c(CBr)c(F)n1. The molecule has 0 unspecified atom stereocenters. The Morgan fingerprint density at radius 3 is 2.71 bits per heavy atom. The van der Waals surface area contributed by atoms with Crippen molar-refractivity contribution >= 4 is 21.9 Å². The third-order valence-electron chi connectivity index (χ3n) is 1.96. The van der Waals surface area contributed by atoms with E-state index in [1.807, 2.05) is 0 Å². The molecule has 0 saturated heterocycles. The minimum absolute atomic E-state index is 0.0618. The third kappa shape index (κ3) is 3.18. The van der Waals surface area contributed by atoms with Gasteiger partial charge in [-0.25, -0.2) is 18.6 Å². The van der Waals surface area contributed by atoms with Gasteiger partial charge in [0, 0.05) is 16.5 Å². The number of hydrogen-bond donors (Lipinski definition) is 0. The number of ether oxygens (including phenoxy) is 1. The minimum Gasteiger partial charge on any atom is -0.461 e. The van der Waals surface area contributed by atoms with E-state index in [-0.39, 0.29) is 17.5 Å². The molecule has 0 aliphatic heterocycles. The quantitative estimate of drug-likeness (QED) is 0.487. The van der Waals surface area contributed by atoms with Crippen molar-refractivity contribution < 1.29 is 22.7 Å². The largest absolute Gasteiger partial charge is 0.461 e. The first-order valence-corrected chi connectivity index (χ1v) is 5.83. The number of hydrogen-bond acceptors (Lipinski definition) is 3. The van der Waals surface area contributed by atoms with Gasteiger partial charge in [0.25, 0.3) is 6.43 Å². The molecular formula is C10H9BrF3NO2. The zero-order chi connectivity index (χ0) is 13.0. The molecule has 0 spiro atoms. The standard InChI is InChI=1S/C10H9BrF3NO2/c1-2-17-10(16)7-3-5(8(12)13)6(4-11)9(14)15-7/h3,8H,2,4H2,1H3. The van der Waals surface area contributed by atoms with E-state index in [4.69, 9.17) is 0 Å². The summed E-state index contributed by atoms with van der Waals surface area (Å²) >= 11 is 2.89. The lowest BCUT2D eigenvalue weighted by Crippen LogP contribution is -2.11. The molecule has 7 heteroatoms. The number of rotatable bonds is 4. The molecular weight excluding hydrogens is 303 g/mol. The third-order valence-corrected chi connectivity index (χ3v) is 2.52. The number of carbonyl (C=O) groups is 1. The molecule has 1 aromatic heterocycles. The summed E-state index contributed by atoms with van der Waals surface area (Å²) in [4.78, 5) is 14.6. The highest BCUT2D eigenvalue weighted by Gasteiger charge is 2.21. The van der Waals surface area contributed by atoms with Crippen LogP contribution in [0.4, 0.5) is 13.2 Å². The van der Waals surface area contributed by atoms with Crippen LogP contribution in [0.25, 0.3) is 0 Å². The van der Waals surface area contributed by atoms with Gasteiger partial charge in [-0.3, -0.25) is 0 Å². The Morgan fingerprint density at radius 2 is 2.24 bits per heavy atom. The van der Waals surface area contributed by atoms with E-state index in [0.29, 0.717) is 0 Å². The van der Waals surface area contributed by atoms with Crippen LogP contribution in [0.3, 0.4) is 0 Å². The van der Waals surface area contributed by atoms with Gasteiger partial charge in [-0.1, -0.05) is 15.9 Å². The van der Waals surface area contributed by atoms with E-state index in [9.17, 15) is 18.0 Å². The maximum atomic E-state index is 13.4. The Morgan fingerprint density at radius 1 is 1.59 bits per heavy atom. The first kappa shape index (κ1) is 14.0. The van der Waals surface area contributed by atoms with Crippen LogP contribution in [-0.4, -0.2) is 17.6 Å². The van der Waals surface area contributed by atoms with Crippen LogP contribution < -0.4 is 0 Å². The van der Waals surface area contributed by atoms with Gasteiger partial charge in [0.05, 0.1) is 6.61 Å². The van der Waals surface area contributed by atoms with Gasteiger partial charge in [-0.15, -0.1) is 0 Å². The molecule has 1 rings (SSSR count). The highest BCUT2D eigenvalue weighted by Crippen LogP contribution is 2.27. The van der Waals surface area contributed by atoms with Crippen LogP contribution in [0.15, 0.2) is 6.07 Å². The molecule has 0 aliphatic carbocycles. The lowest BCUT2D eigenvalue weighted by molar-refractivity contribution is 0.0517. The van der Waals surface area contributed by atoms with E-state index < -0.39 is 29.6 Å². The topological polar surface area (TPSA) is 39.2 Å². The molecule has 0 amide bonds. The normalized spacial score (nSPS) is 10.7. The van der Waals surface area contributed by atoms with Gasteiger partial charge < -0.3 is 4.74 Å². The Kier molecular flexibility index (Phi) is 4.92. The number of pyridine rings is 1. The van der Waals surface area contributed by atoms with Gasteiger partial charge in [-0.2, -0.15) is 4.39 Å². The smallest absolute Gasteiger partial charge is 0.357 e. The maximum absolute atomic E-state index is 13.4.